The summed E-state index contributed by atoms with van der Waals surface area (Å²) in [5.41, 5.74) is 5.70. The molecule has 0 spiro atoms. The molecule has 7 heteroatoms. The van der Waals surface area contributed by atoms with Crippen LogP contribution in [0.1, 0.15) is 45.5 Å². The highest BCUT2D eigenvalue weighted by atomic mass is 32.1. The fraction of sp³-hybridized carbons (Fsp3) is 0.643. The summed E-state index contributed by atoms with van der Waals surface area (Å²) in [4.78, 5) is 7.03. The summed E-state index contributed by atoms with van der Waals surface area (Å²) < 4.78 is 6.49. The summed E-state index contributed by atoms with van der Waals surface area (Å²) >= 11 is 1.51. The van der Waals surface area contributed by atoms with E-state index in [1.807, 2.05) is 16.9 Å². The van der Waals surface area contributed by atoms with Crippen LogP contribution in [0.3, 0.4) is 0 Å². The molecular formula is C14H22N6S. The van der Waals surface area contributed by atoms with Crippen LogP contribution in [0, 0.1) is 0 Å². The predicted molar refractivity (Wildman–Crippen MR) is 85.7 cm³/mol. The Hall–Kier alpha value is -1.63. The Labute approximate surface area is 129 Å². The molecule has 3 heterocycles. The average Bonchev–Trinajstić information content (AvgIpc) is 3.07. The minimum atomic E-state index is 0.0136. The Balaban J connectivity index is 1.64. The predicted octanol–water partition coefficient (Wildman–Crippen LogP) is 2.46. The SMILES string of the molecule is CC(C)(C)c1nsc(N2CCC(n3ccc(N)n3)CC2)n1. The molecule has 1 aliphatic rings. The van der Waals surface area contributed by atoms with Crippen molar-refractivity contribution in [1.29, 1.82) is 0 Å². The second-order valence-corrected chi connectivity index (χ2v) is 7.32. The molecule has 6 nitrogen and oxygen atoms in total. The molecular weight excluding hydrogens is 284 g/mol. The third-order valence-corrected chi connectivity index (χ3v) is 4.60. The van der Waals surface area contributed by atoms with Crippen molar-refractivity contribution in [3.8, 4) is 0 Å². The lowest BCUT2D eigenvalue weighted by Gasteiger charge is -2.31. The normalized spacial score (nSPS) is 17.4. The van der Waals surface area contributed by atoms with Crippen LogP contribution in [-0.4, -0.2) is 32.2 Å². The van der Waals surface area contributed by atoms with Gasteiger partial charge in [-0.2, -0.15) is 9.47 Å². The zero-order chi connectivity index (χ0) is 15.0. The highest BCUT2D eigenvalue weighted by Crippen LogP contribution is 2.29. The van der Waals surface area contributed by atoms with E-state index in [2.05, 4.69) is 35.1 Å². The molecule has 3 rings (SSSR count). The van der Waals surface area contributed by atoms with Gasteiger partial charge in [-0.05, 0) is 18.9 Å². The molecule has 0 atom stereocenters. The van der Waals surface area contributed by atoms with Crippen LogP contribution < -0.4 is 10.6 Å². The van der Waals surface area contributed by atoms with Gasteiger partial charge in [-0.1, -0.05) is 20.8 Å². The molecule has 2 aromatic rings. The van der Waals surface area contributed by atoms with E-state index < -0.39 is 0 Å². The van der Waals surface area contributed by atoms with Crippen LogP contribution >= 0.6 is 11.5 Å². The van der Waals surface area contributed by atoms with Crippen LogP contribution in [0.4, 0.5) is 10.9 Å². The molecule has 2 aromatic heterocycles. The Kier molecular flexibility index (Phi) is 3.61. The summed E-state index contributed by atoms with van der Waals surface area (Å²) in [5, 5.41) is 5.36. The van der Waals surface area contributed by atoms with Crippen molar-refractivity contribution >= 4 is 22.5 Å². The van der Waals surface area contributed by atoms with E-state index in [0.717, 1.165) is 36.9 Å². The van der Waals surface area contributed by atoms with Gasteiger partial charge in [0.15, 0.2) is 0 Å². The van der Waals surface area contributed by atoms with Crippen molar-refractivity contribution in [2.75, 3.05) is 23.7 Å². The topological polar surface area (TPSA) is 72.9 Å². The van der Waals surface area contributed by atoms with Crippen molar-refractivity contribution in [3.05, 3.63) is 18.1 Å². The van der Waals surface area contributed by atoms with Gasteiger partial charge < -0.3 is 10.6 Å². The van der Waals surface area contributed by atoms with Crippen molar-refractivity contribution in [1.82, 2.24) is 19.1 Å². The monoisotopic (exact) mass is 306 g/mol. The van der Waals surface area contributed by atoms with Crippen molar-refractivity contribution in [2.45, 2.75) is 45.1 Å². The van der Waals surface area contributed by atoms with E-state index in [1.54, 1.807) is 0 Å². The number of aromatic nitrogens is 4. The molecule has 1 fully saturated rings. The van der Waals surface area contributed by atoms with E-state index in [4.69, 9.17) is 10.7 Å². The molecule has 0 aromatic carbocycles. The fourth-order valence-corrected chi connectivity index (χ4v) is 3.43. The summed E-state index contributed by atoms with van der Waals surface area (Å²) in [7, 11) is 0. The second-order valence-electron chi connectivity index (χ2n) is 6.59. The van der Waals surface area contributed by atoms with Crippen LogP contribution in [0.2, 0.25) is 0 Å². The average molecular weight is 306 g/mol. The van der Waals surface area contributed by atoms with Gasteiger partial charge in [-0.25, -0.2) is 4.98 Å². The number of nitrogens with zero attached hydrogens (tertiary/aromatic N) is 5. The largest absolute Gasteiger partial charge is 0.382 e. The molecule has 114 valence electrons. The van der Waals surface area contributed by atoms with Crippen LogP contribution in [0.15, 0.2) is 12.3 Å². The van der Waals surface area contributed by atoms with Crippen molar-refractivity contribution < 1.29 is 0 Å². The van der Waals surface area contributed by atoms with Crippen molar-refractivity contribution in [2.24, 2.45) is 0 Å². The standard InChI is InChI=1S/C14H22N6S/c1-14(2,3)12-16-13(21-18-12)19-7-4-10(5-8-19)20-9-6-11(15)17-20/h6,9-10H,4-5,7-8H2,1-3H3,(H2,15,17). The highest BCUT2D eigenvalue weighted by molar-refractivity contribution is 7.09. The minimum absolute atomic E-state index is 0.0136. The molecule has 0 saturated carbocycles. The van der Waals surface area contributed by atoms with Crippen LogP contribution in [0.5, 0.6) is 0 Å². The number of piperidine rings is 1. The fourth-order valence-electron chi connectivity index (χ4n) is 2.53. The zero-order valence-corrected chi connectivity index (χ0v) is 13.6. The Morgan fingerprint density at radius 3 is 2.52 bits per heavy atom. The van der Waals surface area contributed by atoms with Gasteiger partial charge in [-0.3, -0.25) is 4.68 Å². The molecule has 21 heavy (non-hydrogen) atoms. The summed E-state index contributed by atoms with van der Waals surface area (Å²) in [6, 6.07) is 2.29. The van der Waals surface area contributed by atoms with E-state index in [-0.39, 0.29) is 5.41 Å². The number of nitrogen functional groups attached to an aromatic ring is 1. The van der Waals surface area contributed by atoms with Gasteiger partial charge in [0.25, 0.3) is 0 Å². The molecule has 1 saturated heterocycles. The van der Waals surface area contributed by atoms with Gasteiger partial charge >= 0.3 is 0 Å². The van der Waals surface area contributed by atoms with Gasteiger partial charge in [-0.15, -0.1) is 0 Å². The highest BCUT2D eigenvalue weighted by Gasteiger charge is 2.25. The summed E-state index contributed by atoms with van der Waals surface area (Å²) in [6.45, 7) is 8.42. The van der Waals surface area contributed by atoms with E-state index in [1.165, 1.54) is 11.5 Å². The molecule has 1 aliphatic heterocycles. The smallest absolute Gasteiger partial charge is 0.205 e. The van der Waals surface area contributed by atoms with Gasteiger partial charge in [0.05, 0.1) is 6.04 Å². The third kappa shape index (κ3) is 3.02. The lowest BCUT2D eigenvalue weighted by atomic mass is 9.96. The zero-order valence-electron chi connectivity index (χ0n) is 12.8. The minimum Gasteiger partial charge on any atom is -0.382 e. The summed E-state index contributed by atoms with van der Waals surface area (Å²) in [6.07, 6.45) is 4.09. The first kappa shape index (κ1) is 14.3. The van der Waals surface area contributed by atoms with E-state index in [9.17, 15) is 0 Å². The van der Waals surface area contributed by atoms with Gasteiger partial charge in [0.2, 0.25) is 5.13 Å². The second kappa shape index (κ2) is 5.29. The maximum atomic E-state index is 5.69. The molecule has 0 amide bonds. The molecule has 0 radical (unpaired) electrons. The maximum Gasteiger partial charge on any atom is 0.205 e. The Morgan fingerprint density at radius 1 is 1.29 bits per heavy atom. The number of anilines is 2. The number of hydrogen-bond donors (Lipinski definition) is 1. The Morgan fingerprint density at radius 2 is 2.00 bits per heavy atom. The molecule has 0 unspecified atom stereocenters. The first-order valence-corrected chi connectivity index (χ1v) is 8.10. The third-order valence-electron chi connectivity index (χ3n) is 3.82. The quantitative estimate of drug-likeness (QED) is 0.922. The molecule has 0 aliphatic carbocycles. The number of nitrogens with two attached hydrogens (primary N) is 1. The van der Waals surface area contributed by atoms with E-state index in [0.29, 0.717) is 11.9 Å². The van der Waals surface area contributed by atoms with Gasteiger partial charge in [0, 0.05) is 36.2 Å². The number of rotatable bonds is 2. The molecule has 0 bridgehead atoms. The maximum absolute atomic E-state index is 5.69. The number of hydrogen-bond acceptors (Lipinski definition) is 6. The van der Waals surface area contributed by atoms with Crippen molar-refractivity contribution in [3.63, 3.8) is 0 Å². The summed E-state index contributed by atoms with van der Waals surface area (Å²) in [5.74, 6) is 1.53. The Bertz CT molecular complexity index is 603. The van der Waals surface area contributed by atoms with Gasteiger partial charge in [0.1, 0.15) is 11.6 Å². The van der Waals surface area contributed by atoms with Crippen LogP contribution in [-0.2, 0) is 5.41 Å². The lowest BCUT2D eigenvalue weighted by molar-refractivity contribution is 0.367. The van der Waals surface area contributed by atoms with Crippen LogP contribution in [0.25, 0.3) is 0 Å². The van der Waals surface area contributed by atoms with E-state index >= 15 is 0 Å². The lowest BCUT2D eigenvalue weighted by Crippen LogP contribution is -2.34. The first-order valence-electron chi connectivity index (χ1n) is 7.33. The first-order chi connectivity index (χ1) is 9.93. The molecule has 2 N–H and O–H groups in total.